The van der Waals surface area contributed by atoms with E-state index in [1.54, 1.807) is 36.7 Å². The predicted octanol–water partition coefficient (Wildman–Crippen LogP) is 3.06. The van der Waals surface area contributed by atoms with Gasteiger partial charge in [-0.3, -0.25) is 9.48 Å². The summed E-state index contributed by atoms with van der Waals surface area (Å²) in [5.74, 6) is 0.782. The molecular formula is C21H23N5O3. The molecule has 0 aliphatic heterocycles. The SMILES string of the molecule is Cc1cnc(Nc2cnn(C3CCC(=O)CC3)c2)nc1-c1ccc(C(O)O)cc1. The third-order valence-corrected chi connectivity index (χ3v) is 5.20. The number of aliphatic hydroxyl groups excluding tert-OH is 1. The van der Waals surface area contributed by atoms with E-state index in [2.05, 4.69) is 20.4 Å². The molecule has 0 atom stereocenters. The Morgan fingerprint density at radius 1 is 1.14 bits per heavy atom. The number of ketones is 1. The summed E-state index contributed by atoms with van der Waals surface area (Å²) < 4.78 is 1.91. The Labute approximate surface area is 168 Å². The molecule has 1 aliphatic carbocycles. The van der Waals surface area contributed by atoms with Crippen molar-refractivity contribution in [1.82, 2.24) is 19.7 Å². The van der Waals surface area contributed by atoms with E-state index in [0.717, 1.165) is 35.3 Å². The minimum atomic E-state index is -1.49. The largest absolute Gasteiger partial charge is 0.364 e. The molecule has 0 radical (unpaired) electrons. The molecule has 1 aliphatic rings. The van der Waals surface area contributed by atoms with E-state index < -0.39 is 6.29 Å². The van der Waals surface area contributed by atoms with E-state index >= 15 is 0 Å². The van der Waals surface area contributed by atoms with Gasteiger partial charge in [0.15, 0.2) is 6.29 Å². The molecule has 29 heavy (non-hydrogen) atoms. The van der Waals surface area contributed by atoms with Crippen LogP contribution >= 0.6 is 0 Å². The molecule has 150 valence electrons. The molecule has 1 aromatic carbocycles. The van der Waals surface area contributed by atoms with E-state index in [1.165, 1.54) is 0 Å². The standard InChI is InChI=1S/C21H23N5O3/c1-13-10-22-21(25-19(13)14-2-4-15(5-3-14)20(28)29)24-16-11-23-26(12-16)17-6-8-18(27)9-7-17/h2-5,10-12,17,20,28-29H,6-9H2,1H3,(H,22,24,25). The average molecular weight is 393 g/mol. The zero-order chi connectivity index (χ0) is 20.4. The van der Waals surface area contributed by atoms with Crippen molar-refractivity contribution in [2.75, 3.05) is 5.32 Å². The first-order valence-electron chi connectivity index (χ1n) is 9.62. The molecule has 0 amide bonds. The van der Waals surface area contributed by atoms with Crippen LogP contribution in [0, 0.1) is 6.92 Å². The van der Waals surface area contributed by atoms with Crippen LogP contribution in [0.25, 0.3) is 11.3 Å². The van der Waals surface area contributed by atoms with Crippen molar-refractivity contribution in [1.29, 1.82) is 0 Å². The van der Waals surface area contributed by atoms with Crippen LogP contribution in [-0.4, -0.2) is 35.7 Å². The summed E-state index contributed by atoms with van der Waals surface area (Å²) in [7, 11) is 0. The number of benzene rings is 1. The first kappa shape index (κ1) is 19.2. The van der Waals surface area contributed by atoms with E-state index in [1.807, 2.05) is 17.8 Å². The fourth-order valence-electron chi connectivity index (χ4n) is 3.53. The number of carbonyl (C=O) groups is 1. The number of Topliss-reactive ketones (excluding diaryl/α,β-unsaturated/α-hetero) is 1. The fraction of sp³-hybridized carbons (Fsp3) is 0.333. The molecule has 0 saturated heterocycles. The number of nitrogens with zero attached hydrogens (tertiary/aromatic N) is 4. The van der Waals surface area contributed by atoms with Crippen LogP contribution < -0.4 is 5.32 Å². The van der Waals surface area contributed by atoms with Crippen LogP contribution in [0.4, 0.5) is 11.6 Å². The number of anilines is 2. The predicted molar refractivity (Wildman–Crippen MR) is 107 cm³/mol. The second kappa shape index (κ2) is 8.10. The van der Waals surface area contributed by atoms with E-state index in [0.29, 0.717) is 30.1 Å². The fourth-order valence-corrected chi connectivity index (χ4v) is 3.53. The van der Waals surface area contributed by atoms with Crippen LogP contribution in [0.1, 0.15) is 49.1 Å². The molecule has 0 unspecified atom stereocenters. The van der Waals surface area contributed by atoms with Gasteiger partial charge in [0.25, 0.3) is 0 Å². The van der Waals surface area contributed by atoms with Gasteiger partial charge >= 0.3 is 0 Å². The Kier molecular flexibility index (Phi) is 5.37. The van der Waals surface area contributed by atoms with Gasteiger partial charge in [0.05, 0.1) is 23.6 Å². The number of carbonyl (C=O) groups excluding carboxylic acids is 1. The van der Waals surface area contributed by atoms with Crippen molar-refractivity contribution in [3.8, 4) is 11.3 Å². The van der Waals surface area contributed by atoms with Crippen LogP contribution in [0.5, 0.6) is 0 Å². The highest BCUT2D eigenvalue weighted by Gasteiger charge is 2.21. The molecule has 0 spiro atoms. The second-order valence-electron chi connectivity index (χ2n) is 7.32. The lowest BCUT2D eigenvalue weighted by atomic mass is 9.95. The van der Waals surface area contributed by atoms with Crippen LogP contribution in [0.3, 0.4) is 0 Å². The van der Waals surface area contributed by atoms with Crippen molar-refractivity contribution in [2.24, 2.45) is 0 Å². The molecule has 4 rings (SSSR count). The molecular weight excluding hydrogens is 370 g/mol. The van der Waals surface area contributed by atoms with Crippen molar-refractivity contribution >= 4 is 17.4 Å². The molecule has 1 saturated carbocycles. The normalized spacial score (nSPS) is 15.1. The van der Waals surface area contributed by atoms with Gasteiger partial charge in [-0.15, -0.1) is 0 Å². The highest BCUT2D eigenvalue weighted by molar-refractivity contribution is 5.79. The number of aromatic nitrogens is 4. The van der Waals surface area contributed by atoms with Crippen LogP contribution in [-0.2, 0) is 4.79 Å². The summed E-state index contributed by atoms with van der Waals surface area (Å²) in [6.45, 7) is 1.93. The molecule has 1 fully saturated rings. The number of aryl methyl sites for hydroxylation is 1. The Bertz CT molecular complexity index is 1000. The molecule has 8 nitrogen and oxygen atoms in total. The van der Waals surface area contributed by atoms with E-state index in [4.69, 9.17) is 0 Å². The molecule has 0 bridgehead atoms. The minimum absolute atomic E-state index is 0.248. The van der Waals surface area contributed by atoms with E-state index in [9.17, 15) is 15.0 Å². The monoisotopic (exact) mass is 393 g/mol. The smallest absolute Gasteiger partial charge is 0.227 e. The Morgan fingerprint density at radius 2 is 1.86 bits per heavy atom. The van der Waals surface area contributed by atoms with Gasteiger partial charge in [0, 0.05) is 36.4 Å². The lowest BCUT2D eigenvalue weighted by Gasteiger charge is -2.21. The van der Waals surface area contributed by atoms with Crippen molar-refractivity contribution in [2.45, 2.75) is 44.9 Å². The van der Waals surface area contributed by atoms with Crippen molar-refractivity contribution in [3.05, 3.63) is 54.0 Å². The maximum atomic E-state index is 11.4. The van der Waals surface area contributed by atoms with Crippen molar-refractivity contribution in [3.63, 3.8) is 0 Å². The zero-order valence-corrected chi connectivity index (χ0v) is 16.1. The van der Waals surface area contributed by atoms with Crippen LogP contribution in [0.2, 0.25) is 0 Å². The Hall–Kier alpha value is -3.10. The highest BCUT2D eigenvalue weighted by atomic mass is 16.5. The summed E-state index contributed by atoms with van der Waals surface area (Å²) in [4.78, 5) is 20.4. The molecule has 3 N–H and O–H groups in total. The summed E-state index contributed by atoms with van der Waals surface area (Å²) in [6.07, 6.45) is 6.78. The third kappa shape index (κ3) is 4.33. The van der Waals surface area contributed by atoms with Gasteiger partial charge in [-0.1, -0.05) is 24.3 Å². The maximum Gasteiger partial charge on any atom is 0.227 e. The number of hydrogen-bond acceptors (Lipinski definition) is 7. The Morgan fingerprint density at radius 3 is 2.55 bits per heavy atom. The third-order valence-electron chi connectivity index (χ3n) is 5.20. The Balaban J connectivity index is 1.51. The summed E-state index contributed by atoms with van der Waals surface area (Å²) >= 11 is 0. The van der Waals surface area contributed by atoms with Gasteiger partial charge in [-0.2, -0.15) is 5.10 Å². The number of nitrogens with one attached hydrogen (secondary N) is 1. The van der Waals surface area contributed by atoms with Gasteiger partial charge in [0.2, 0.25) is 5.95 Å². The topological polar surface area (TPSA) is 113 Å². The molecule has 3 aromatic rings. The first-order chi connectivity index (χ1) is 14.0. The minimum Gasteiger partial charge on any atom is -0.364 e. The lowest BCUT2D eigenvalue weighted by Crippen LogP contribution is -2.18. The summed E-state index contributed by atoms with van der Waals surface area (Å²) in [5.41, 5.74) is 3.75. The van der Waals surface area contributed by atoms with Crippen LogP contribution in [0.15, 0.2) is 42.9 Å². The summed E-state index contributed by atoms with van der Waals surface area (Å²) in [6, 6.07) is 7.17. The van der Waals surface area contributed by atoms with Gasteiger partial charge in [-0.25, -0.2) is 9.97 Å². The maximum absolute atomic E-state index is 11.4. The van der Waals surface area contributed by atoms with Crippen molar-refractivity contribution < 1.29 is 15.0 Å². The van der Waals surface area contributed by atoms with Gasteiger partial charge in [0.1, 0.15) is 5.78 Å². The van der Waals surface area contributed by atoms with E-state index in [-0.39, 0.29) is 6.04 Å². The number of aliphatic hydroxyl groups is 2. The molecule has 2 heterocycles. The summed E-state index contributed by atoms with van der Waals surface area (Å²) in [5, 5.41) is 26.1. The number of rotatable bonds is 5. The average Bonchev–Trinajstić information content (AvgIpc) is 3.18. The van der Waals surface area contributed by atoms with Gasteiger partial charge < -0.3 is 15.5 Å². The quantitative estimate of drug-likeness (QED) is 0.571. The molecule has 2 aromatic heterocycles. The first-order valence-corrected chi connectivity index (χ1v) is 9.62. The van der Waals surface area contributed by atoms with Gasteiger partial charge in [-0.05, 0) is 25.3 Å². The molecule has 8 heteroatoms. The second-order valence-corrected chi connectivity index (χ2v) is 7.32. The zero-order valence-electron chi connectivity index (χ0n) is 16.1. The number of hydrogen-bond donors (Lipinski definition) is 3. The highest BCUT2D eigenvalue weighted by Crippen LogP contribution is 2.28. The lowest BCUT2D eigenvalue weighted by molar-refractivity contribution is -0.120.